The second-order valence-corrected chi connectivity index (χ2v) is 27.5. The minimum absolute atomic E-state index is 0. The molecule has 0 aliphatic carbocycles. The van der Waals surface area contributed by atoms with Crippen molar-refractivity contribution in [3.63, 3.8) is 0 Å². The first-order valence-electron chi connectivity index (χ1n) is 29.6. The van der Waals surface area contributed by atoms with Gasteiger partial charge in [0.05, 0.1) is 44.4 Å². The van der Waals surface area contributed by atoms with Crippen LogP contribution in [0.15, 0.2) is 109 Å². The summed E-state index contributed by atoms with van der Waals surface area (Å²) in [4.78, 5) is 73.8. The summed E-state index contributed by atoms with van der Waals surface area (Å²) in [6.45, 7) is 35.1. The molecule has 4 aromatic carbocycles. The highest BCUT2D eigenvalue weighted by molar-refractivity contribution is 7.13. The molecule has 6 atom stereocenters. The molecule has 458 valence electrons. The van der Waals surface area contributed by atoms with Gasteiger partial charge in [0.2, 0.25) is 23.6 Å². The predicted octanol–water partition coefficient (Wildman–Crippen LogP) is 11.5. The van der Waals surface area contributed by atoms with E-state index >= 15 is 0 Å². The van der Waals surface area contributed by atoms with Crippen molar-refractivity contribution in [2.24, 2.45) is 11.8 Å². The van der Waals surface area contributed by atoms with Crippen LogP contribution in [0, 0.1) is 25.7 Å². The van der Waals surface area contributed by atoms with Crippen molar-refractivity contribution < 1.29 is 34.1 Å². The number of aromatic nitrogens is 2. The predicted molar refractivity (Wildman–Crippen MR) is 346 cm³/mol. The van der Waals surface area contributed by atoms with Crippen molar-refractivity contribution in [2.45, 2.75) is 177 Å². The van der Waals surface area contributed by atoms with Crippen LogP contribution in [0.5, 0.6) is 5.75 Å². The summed E-state index contributed by atoms with van der Waals surface area (Å²) in [7, 11) is 0. The number of likely N-dealkylation sites (tertiary alicyclic amines) is 2. The lowest BCUT2D eigenvalue weighted by atomic mass is 9.82. The van der Waals surface area contributed by atoms with Crippen LogP contribution in [0.4, 0.5) is 0 Å². The number of carbonyl (C=O) groups is 4. The quantitative estimate of drug-likeness (QED) is 0.0768. The zero-order valence-corrected chi connectivity index (χ0v) is 53.0. The number of fused-ring (bicyclic) bond motifs is 2. The Kier molecular flexibility index (Phi) is 19.9. The van der Waals surface area contributed by atoms with E-state index in [-0.39, 0.29) is 80.8 Å². The molecular formula is C69H88N8O7S2. The molecule has 4 aliphatic rings. The molecule has 4 N–H and O–H groups in total. The van der Waals surface area contributed by atoms with Crippen molar-refractivity contribution in [2.75, 3.05) is 13.1 Å². The summed E-state index contributed by atoms with van der Waals surface area (Å²) in [5.74, 6) is -0.201. The van der Waals surface area contributed by atoms with Gasteiger partial charge in [-0.2, -0.15) is 0 Å². The second-order valence-electron chi connectivity index (χ2n) is 25.8. The standard InChI is InChI=1S/C34H42N4O4S.C34H42N4O3S.CH4/c1-20(2)30(37-17-25-10-8-9-11-27(25)22(37)4)33(41)38-18-26(39)15-28(38)32(40)35-16-24-13-12-23(31-21(3)36-19-43-31)14-29(24)42-34(5,6)7;1-20(2)30(37-17-25-10-8-9-11-27(25)22(37)4)33(41)38-18-26(39)15-29(38)32(40)35-16-24-13-12-23(14-28(24)34(5,6)7)31-21(3)36-19-42-31;/h8-14,19-20,26,28,30,39H,4,15-18H2,1-3,5-7H3,(H,35,40);8-14,19-20,26,29-30,39H,4,15-18H2,1-3,5-7H3,(H,35,40);1H4/t26-,28+,30+;26-,29+,30+;/m11./s1. The summed E-state index contributed by atoms with van der Waals surface area (Å²) in [5.41, 5.74) is 16.2. The van der Waals surface area contributed by atoms with Crippen molar-refractivity contribution >= 4 is 57.7 Å². The van der Waals surface area contributed by atoms with Crippen molar-refractivity contribution in [1.29, 1.82) is 0 Å². The lowest BCUT2D eigenvalue weighted by Crippen LogP contribution is -2.54. The number of aryl methyl sites for hydroxylation is 2. The maximum Gasteiger partial charge on any atom is 0.246 e. The number of nitrogens with zero attached hydrogens (tertiary/aromatic N) is 6. The Labute approximate surface area is 517 Å². The average Bonchev–Trinajstić information content (AvgIpc) is 1.76. The molecule has 2 saturated heterocycles. The number of hydrogen-bond donors (Lipinski definition) is 4. The molecule has 2 fully saturated rings. The lowest BCUT2D eigenvalue weighted by Gasteiger charge is -2.36. The van der Waals surface area contributed by atoms with Gasteiger partial charge in [0.15, 0.2) is 0 Å². The highest BCUT2D eigenvalue weighted by Gasteiger charge is 2.47. The van der Waals surface area contributed by atoms with Gasteiger partial charge in [0, 0.05) is 80.2 Å². The maximum atomic E-state index is 14.1. The van der Waals surface area contributed by atoms with Crippen LogP contribution in [0.2, 0.25) is 0 Å². The van der Waals surface area contributed by atoms with E-state index in [0.29, 0.717) is 25.4 Å². The molecule has 6 heterocycles. The molecule has 0 radical (unpaired) electrons. The molecule has 17 heteroatoms. The fraction of sp³-hybridized carbons (Fsp3) is 0.449. The first-order chi connectivity index (χ1) is 40.2. The zero-order chi connectivity index (χ0) is 61.4. The number of carbonyl (C=O) groups excluding carboxylic acids is 4. The minimum Gasteiger partial charge on any atom is -0.488 e. The molecule has 0 saturated carbocycles. The van der Waals surface area contributed by atoms with E-state index < -0.39 is 42.0 Å². The molecule has 15 nitrogen and oxygen atoms in total. The highest BCUT2D eigenvalue weighted by Crippen LogP contribution is 2.40. The number of benzene rings is 4. The normalized spacial score (nSPS) is 19.0. The molecule has 86 heavy (non-hydrogen) atoms. The third kappa shape index (κ3) is 14.0. The first-order valence-corrected chi connectivity index (χ1v) is 31.3. The molecule has 10 rings (SSSR count). The van der Waals surface area contributed by atoms with Gasteiger partial charge >= 0.3 is 0 Å². The summed E-state index contributed by atoms with van der Waals surface area (Å²) in [6.07, 6.45) is -1.10. The number of aliphatic hydroxyl groups is 2. The third-order valence-electron chi connectivity index (χ3n) is 16.5. The number of thiazole rings is 2. The Morgan fingerprint density at radius 2 is 1.06 bits per heavy atom. The zero-order valence-electron chi connectivity index (χ0n) is 51.4. The number of ether oxygens (including phenoxy) is 1. The van der Waals surface area contributed by atoms with Crippen LogP contribution in [-0.4, -0.2) is 118 Å². The maximum absolute atomic E-state index is 14.1. The van der Waals surface area contributed by atoms with E-state index in [2.05, 4.69) is 89.8 Å². The van der Waals surface area contributed by atoms with Crippen LogP contribution < -0.4 is 15.4 Å². The van der Waals surface area contributed by atoms with Crippen LogP contribution in [-0.2, 0) is 50.8 Å². The number of hydrogen-bond acceptors (Lipinski definition) is 13. The van der Waals surface area contributed by atoms with Gasteiger partial charge < -0.3 is 45.2 Å². The van der Waals surface area contributed by atoms with E-state index in [1.807, 2.05) is 133 Å². The molecule has 4 amide bonds. The third-order valence-corrected chi connectivity index (χ3v) is 18.5. The largest absolute Gasteiger partial charge is 0.488 e. The average molecular weight is 1210 g/mol. The Morgan fingerprint density at radius 1 is 0.640 bits per heavy atom. The first kappa shape index (κ1) is 64.8. The van der Waals surface area contributed by atoms with Gasteiger partial charge in [-0.3, -0.25) is 19.2 Å². The Bertz CT molecular complexity index is 3480. The van der Waals surface area contributed by atoms with Gasteiger partial charge in [-0.25, -0.2) is 9.97 Å². The summed E-state index contributed by atoms with van der Waals surface area (Å²) >= 11 is 3.20. The second kappa shape index (κ2) is 26.4. The summed E-state index contributed by atoms with van der Waals surface area (Å²) < 4.78 is 6.31. The Morgan fingerprint density at radius 3 is 1.45 bits per heavy atom. The molecule has 0 bridgehead atoms. The van der Waals surface area contributed by atoms with Gasteiger partial charge in [-0.1, -0.05) is 142 Å². The fourth-order valence-electron chi connectivity index (χ4n) is 12.4. The van der Waals surface area contributed by atoms with E-state index in [4.69, 9.17) is 4.74 Å². The Balaban J connectivity index is 0.000000221. The monoisotopic (exact) mass is 1200 g/mol. The summed E-state index contributed by atoms with van der Waals surface area (Å²) in [6, 6.07) is 26.0. The van der Waals surface area contributed by atoms with Crippen molar-refractivity contribution in [3.05, 3.63) is 159 Å². The highest BCUT2D eigenvalue weighted by atomic mass is 32.1. The van der Waals surface area contributed by atoms with E-state index in [1.54, 1.807) is 32.5 Å². The van der Waals surface area contributed by atoms with Crippen LogP contribution in [0.1, 0.15) is 140 Å². The van der Waals surface area contributed by atoms with E-state index in [1.165, 1.54) is 0 Å². The lowest BCUT2D eigenvalue weighted by molar-refractivity contribution is -0.143. The minimum atomic E-state index is -0.770. The van der Waals surface area contributed by atoms with E-state index in [0.717, 1.165) is 82.6 Å². The van der Waals surface area contributed by atoms with Gasteiger partial charge in [-0.15, -0.1) is 22.7 Å². The smallest absolute Gasteiger partial charge is 0.246 e. The number of β-amino-alcohol motifs (C(OH)–C–C–N with tert-alkyl or cyclic N) is 2. The molecular weight excluding hydrogens is 1120 g/mol. The van der Waals surface area contributed by atoms with Crippen molar-refractivity contribution in [3.8, 4) is 26.6 Å². The molecule has 2 aromatic heterocycles. The van der Waals surface area contributed by atoms with Gasteiger partial charge in [0.25, 0.3) is 0 Å². The number of nitrogens with one attached hydrogen (secondary N) is 2. The van der Waals surface area contributed by atoms with Crippen LogP contribution in [0.25, 0.3) is 32.3 Å². The molecule has 6 aromatic rings. The number of aliphatic hydroxyl groups excluding tert-OH is 2. The number of amides is 4. The fourth-order valence-corrected chi connectivity index (χ4v) is 14.0. The van der Waals surface area contributed by atoms with Crippen LogP contribution >= 0.6 is 22.7 Å². The molecule has 0 unspecified atom stereocenters. The SMILES string of the molecule is C.C=C1c2ccccc2CN1[C@H](C(=O)N1C[C@H](O)C[C@H]1C(=O)NCc1ccc(-c2scnc2C)cc1C(C)(C)C)C(C)C.C=C1c2ccccc2CN1[C@H](C(=O)N1C[C@H](O)C[C@H]1C(=O)NCc1ccc(-c2scnc2C)cc1OC(C)(C)C)C(C)C. The van der Waals surface area contributed by atoms with Crippen LogP contribution in [0.3, 0.4) is 0 Å². The summed E-state index contributed by atoms with van der Waals surface area (Å²) in [5, 5.41) is 27.4. The van der Waals surface area contributed by atoms with Gasteiger partial charge in [-0.05, 0) is 97.4 Å². The molecule has 4 aliphatic heterocycles. The number of rotatable bonds is 15. The molecule has 0 spiro atoms. The van der Waals surface area contributed by atoms with Gasteiger partial charge in [0.1, 0.15) is 35.5 Å². The van der Waals surface area contributed by atoms with Crippen molar-refractivity contribution in [1.82, 2.24) is 40.2 Å². The van der Waals surface area contributed by atoms with E-state index in [9.17, 15) is 29.4 Å². The Hall–Kier alpha value is -7.18. The topological polar surface area (TPSA) is 181 Å².